The highest BCUT2D eigenvalue weighted by Gasteiger charge is 2.29. The molecule has 1 unspecified atom stereocenters. The zero-order chi connectivity index (χ0) is 15.3. The smallest absolute Gasteiger partial charge is 0.237 e. The fourth-order valence-corrected chi connectivity index (χ4v) is 1.85. The molecule has 0 spiro atoms. The third-order valence-corrected chi connectivity index (χ3v) is 3.24. The summed E-state index contributed by atoms with van der Waals surface area (Å²) in [5.74, 6) is -0.278. The Morgan fingerprint density at radius 3 is 2.25 bits per heavy atom. The second-order valence-corrected chi connectivity index (χ2v) is 5.30. The molecule has 0 bridgehead atoms. The van der Waals surface area contributed by atoms with Gasteiger partial charge in [0, 0.05) is 13.2 Å². The van der Waals surface area contributed by atoms with Crippen LogP contribution in [0.3, 0.4) is 0 Å². The van der Waals surface area contributed by atoms with Crippen LogP contribution in [-0.4, -0.2) is 44.4 Å². The summed E-state index contributed by atoms with van der Waals surface area (Å²) in [6.07, 6.45) is 4.63. The molecule has 20 heavy (non-hydrogen) atoms. The number of hydrogen-bond acceptors (Lipinski definition) is 4. The minimum atomic E-state index is -0.597. The van der Waals surface area contributed by atoms with Crippen LogP contribution in [0, 0.1) is 0 Å². The molecule has 5 nitrogen and oxygen atoms in total. The van der Waals surface area contributed by atoms with E-state index in [1.54, 1.807) is 0 Å². The van der Waals surface area contributed by atoms with E-state index in [2.05, 4.69) is 19.2 Å². The first-order valence-electron chi connectivity index (χ1n) is 7.77. The molecule has 1 amide bonds. The van der Waals surface area contributed by atoms with Crippen LogP contribution in [0.2, 0.25) is 0 Å². The van der Waals surface area contributed by atoms with E-state index in [9.17, 15) is 4.79 Å². The number of nitrogens with two attached hydrogens (primary N) is 1. The van der Waals surface area contributed by atoms with Crippen LogP contribution < -0.4 is 11.1 Å². The SMILES string of the molecule is CCCNC(C)(CCCCOCCOCCC)C(N)=O. The molecule has 0 aromatic heterocycles. The first-order valence-corrected chi connectivity index (χ1v) is 7.77. The summed E-state index contributed by atoms with van der Waals surface area (Å²) in [4.78, 5) is 11.5. The van der Waals surface area contributed by atoms with Crippen LogP contribution in [0.5, 0.6) is 0 Å². The van der Waals surface area contributed by atoms with Crippen LogP contribution in [-0.2, 0) is 14.3 Å². The molecule has 0 rings (SSSR count). The van der Waals surface area contributed by atoms with Crippen molar-refractivity contribution in [2.24, 2.45) is 5.73 Å². The average molecular weight is 288 g/mol. The van der Waals surface area contributed by atoms with Crippen molar-refractivity contribution in [3.63, 3.8) is 0 Å². The number of carbonyl (C=O) groups is 1. The van der Waals surface area contributed by atoms with Gasteiger partial charge in [0.15, 0.2) is 0 Å². The van der Waals surface area contributed by atoms with Crippen LogP contribution in [0.15, 0.2) is 0 Å². The second-order valence-electron chi connectivity index (χ2n) is 5.30. The lowest BCUT2D eigenvalue weighted by Crippen LogP contribution is -2.53. The number of nitrogens with one attached hydrogen (secondary N) is 1. The summed E-state index contributed by atoms with van der Waals surface area (Å²) in [5, 5.41) is 3.24. The summed E-state index contributed by atoms with van der Waals surface area (Å²) in [6.45, 7) is 9.65. The van der Waals surface area contributed by atoms with E-state index in [0.29, 0.717) is 19.8 Å². The first kappa shape index (κ1) is 19.4. The molecule has 0 radical (unpaired) electrons. The molecule has 0 aliphatic heterocycles. The van der Waals surface area contributed by atoms with Crippen molar-refractivity contribution in [1.29, 1.82) is 0 Å². The lowest BCUT2D eigenvalue weighted by molar-refractivity contribution is -0.124. The van der Waals surface area contributed by atoms with Gasteiger partial charge in [0.25, 0.3) is 0 Å². The van der Waals surface area contributed by atoms with E-state index in [4.69, 9.17) is 15.2 Å². The van der Waals surface area contributed by atoms with Crippen molar-refractivity contribution in [2.75, 3.05) is 33.0 Å². The summed E-state index contributed by atoms with van der Waals surface area (Å²) in [6, 6.07) is 0. The summed E-state index contributed by atoms with van der Waals surface area (Å²) in [7, 11) is 0. The van der Waals surface area contributed by atoms with E-state index >= 15 is 0 Å². The number of rotatable bonds is 14. The second kappa shape index (κ2) is 12.1. The molecule has 0 aliphatic rings. The summed E-state index contributed by atoms with van der Waals surface area (Å²) < 4.78 is 10.8. The maximum absolute atomic E-state index is 11.5. The molecule has 0 aromatic rings. The van der Waals surface area contributed by atoms with Crippen molar-refractivity contribution >= 4 is 5.91 Å². The molecule has 1 atom stereocenters. The van der Waals surface area contributed by atoms with E-state index in [1.165, 1.54) is 0 Å². The molecule has 0 aromatic carbocycles. The van der Waals surface area contributed by atoms with Gasteiger partial charge in [-0.25, -0.2) is 0 Å². The lowest BCUT2D eigenvalue weighted by Gasteiger charge is -2.27. The zero-order valence-corrected chi connectivity index (χ0v) is 13.4. The average Bonchev–Trinajstić information content (AvgIpc) is 2.43. The molecule has 5 heteroatoms. The van der Waals surface area contributed by atoms with Crippen LogP contribution in [0.1, 0.15) is 52.9 Å². The first-order chi connectivity index (χ1) is 9.56. The molecule has 3 N–H and O–H groups in total. The Morgan fingerprint density at radius 1 is 1.05 bits per heavy atom. The van der Waals surface area contributed by atoms with Gasteiger partial charge in [0.05, 0.1) is 18.8 Å². The van der Waals surface area contributed by atoms with Gasteiger partial charge in [0.1, 0.15) is 0 Å². The number of hydrogen-bond donors (Lipinski definition) is 2. The van der Waals surface area contributed by atoms with E-state index in [-0.39, 0.29) is 5.91 Å². The van der Waals surface area contributed by atoms with Crippen LogP contribution in [0.4, 0.5) is 0 Å². The zero-order valence-electron chi connectivity index (χ0n) is 13.4. The Balaban J connectivity index is 3.61. The van der Waals surface area contributed by atoms with Crippen LogP contribution in [0.25, 0.3) is 0 Å². The fourth-order valence-electron chi connectivity index (χ4n) is 1.85. The molecule has 0 saturated heterocycles. The molecule has 0 saturated carbocycles. The third-order valence-electron chi connectivity index (χ3n) is 3.24. The largest absolute Gasteiger partial charge is 0.379 e. The quantitative estimate of drug-likeness (QED) is 0.478. The van der Waals surface area contributed by atoms with Gasteiger partial charge in [-0.1, -0.05) is 13.8 Å². The number of carbonyl (C=O) groups excluding carboxylic acids is 1. The fraction of sp³-hybridized carbons (Fsp3) is 0.933. The molecule has 0 fully saturated rings. The van der Waals surface area contributed by atoms with Crippen molar-refractivity contribution in [3.05, 3.63) is 0 Å². The highest BCUT2D eigenvalue weighted by molar-refractivity contribution is 5.84. The Labute approximate surface area is 123 Å². The maximum Gasteiger partial charge on any atom is 0.237 e. The van der Waals surface area contributed by atoms with E-state index < -0.39 is 5.54 Å². The number of amides is 1. The topological polar surface area (TPSA) is 73.6 Å². The van der Waals surface area contributed by atoms with Gasteiger partial charge < -0.3 is 20.5 Å². The van der Waals surface area contributed by atoms with Crippen molar-refractivity contribution < 1.29 is 14.3 Å². The van der Waals surface area contributed by atoms with Crippen LogP contribution >= 0.6 is 0 Å². The Bertz CT molecular complexity index is 249. The predicted molar refractivity (Wildman–Crippen MR) is 81.7 cm³/mol. The lowest BCUT2D eigenvalue weighted by atomic mass is 9.94. The molecule has 0 aliphatic carbocycles. The van der Waals surface area contributed by atoms with Gasteiger partial charge in [-0.05, 0) is 45.6 Å². The minimum Gasteiger partial charge on any atom is -0.379 e. The monoisotopic (exact) mass is 288 g/mol. The normalized spacial score (nSPS) is 14.2. The molecule has 0 heterocycles. The van der Waals surface area contributed by atoms with Gasteiger partial charge in [-0.3, -0.25) is 4.79 Å². The highest BCUT2D eigenvalue weighted by Crippen LogP contribution is 2.13. The number of unbranched alkanes of at least 4 members (excludes halogenated alkanes) is 1. The molecule has 120 valence electrons. The Kier molecular flexibility index (Phi) is 11.7. The third kappa shape index (κ3) is 9.28. The van der Waals surface area contributed by atoms with E-state index in [0.717, 1.165) is 45.3 Å². The van der Waals surface area contributed by atoms with Gasteiger partial charge >= 0.3 is 0 Å². The van der Waals surface area contributed by atoms with Crippen molar-refractivity contribution in [3.8, 4) is 0 Å². The van der Waals surface area contributed by atoms with Gasteiger partial charge in [0.2, 0.25) is 5.91 Å². The van der Waals surface area contributed by atoms with Crippen molar-refractivity contribution in [2.45, 2.75) is 58.4 Å². The summed E-state index contributed by atoms with van der Waals surface area (Å²) in [5.41, 5.74) is 4.87. The standard InChI is InChI=1S/C15H32N2O3/c1-4-9-17-15(3,14(16)18)8-6-7-11-20-13-12-19-10-5-2/h17H,4-13H2,1-3H3,(H2,16,18). The summed E-state index contributed by atoms with van der Waals surface area (Å²) >= 11 is 0. The predicted octanol–water partition coefficient (Wildman–Crippen LogP) is 1.84. The number of ether oxygens (including phenoxy) is 2. The van der Waals surface area contributed by atoms with Gasteiger partial charge in [-0.15, -0.1) is 0 Å². The molecular weight excluding hydrogens is 256 g/mol. The molecular formula is C15H32N2O3. The maximum atomic E-state index is 11.5. The van der Waals surface area contributed by atoms with E-state index in [1.807, 2.05) is 6.92 Å². The highest BCUT2D eigenvalue weighted by atomic mass is 16.5. The number of primary amides is 1. The minimum absolute atomic E-state index is 0.278. The van der Waals surface area contributed by atoms with Gasteiger partial charge in [-0.2, -0.15) is 0 Å². The van der Waals surface area contributed by atoms with Crippen molar-refractivity contribution in [1.82, 2.24) is 5.32 Å². The Morgan fingerprint density at radius 2 is 1.70 bits per heavy atom. The Hall–Kier alpha value is -0.650.